The summed E-state index contributed by atoms with van der Waals surface area (Å²) in [6.07, 6.45) is 2.53. The molecule has 2 rings (SSSR count). The maximum Gasteiger partial charge on any atom is 0.376 e. The van der Waals surface area contributed by atoms with Crippen LogP contribution in [-0.4, -0.2) is 16.9 Å². The first-order chi connectivity index (χ1) is 9.08. The third kappa shape index (κ3) is 3.30. The van der Waals surface area contributed by atoms with E-state index < -0.39 is 11.8 Å². The zero-order valence-corrected chi connectivity index (χ0v) is 11.2. The van der Waals surface area contributed by atoms with Gasteiger partial charge in [-0.3, -0.25) is 4.79 Å². The van der Waals surface area contributed by atoms with E-state index in [9.17, 15) is 9.59 Å². The summed E-state index contributed by atoms with van der Waals surface area (Å²) in [5.41, 5.74) is 0.915. The number of thiophene rings is 1. The fourth-order valence-electron chi connectivity index (χ4n) is 1.48. The third-order valence-electron chi connectivity index (χ3n) is 2.38. The number of carboxylic acid groups (broad SMARTS) is 1. The first kappa shape index (κ1) is 13.5. The molecule has 0 saturated heterocycles. The molecule has 0 aliphatic rings. The summed E-state index contributed by atoms with van der Waals surface area (Å²) in [6.45, 7) is 0. The first-order valence-electron chi connectivity index (χ1n) is 5.38. The molecule has 1 aromatic carbocycles. The highest BCUT2D eigenvalue weighted by Gasteiger charge is 2.07. The quantitative estimate of drug-likeness (QED) is 0.690. The predicted octanol–water partition coefficient (Wildman–Crippen LogP) is 3.74. The van der Waals surface area contributed by atoms with E-state index in [1.165, 1.54) is 17.4 Å². The van der Waals surface area contributed by atoms with E-state index in [0.717, 1.165) is 21.4 Å². The Morgan fingerprint density at radius 2 is 1.89 bits per heavy atom. The van der Waals surface area contributed by atoms with Crippen molar-refractivity contribution in [2.24, 2.45) is 0 Å². The maximum atomic E-state index is 10.9. The number of benzene rings is 1. The van der Waals surface area contributed by atoms with E-state index in [2.05, 4.69) is 0 Å². The van der Waals surface area contributed by atoms with Crippen molar-refractivity contribution in [3.63, 3.8) is 0 Å². The van der Waals surface area contributed by atoms with Crippen molar-refractivity contribution >= 4 is 40.8 Å². The van der Waals surface area contributed by atoms with E-state index >= 15 is 0 Å². The molecule has 1 heterocycles. The van der Waals surface area contributed by atoms with Gasteiger partial charge in [0.2, 0.25) is 0 Å². The number of rotatable bonds is 4. The largest absolute Gasteiger partial charge is 0.475 e. The van der Waals surface area contributed by atoms with Crippen LogP contribution in [0.4, 0.5) is 0 Å². The number of carbonyl (C=O) groups is 2. The van der Waals surface area contributed by atoms with Gasteiger partial charge in [-0.15, -0.1) is 11.3 Å². The number of carbonyl (C=O) groups excluding carboxylic acids is 1. The number of aliphatic carboxylic acids is 1. The highest BCUT2D eigenvalue weighted by molar-refractivity contribution is 7.16. The average Bonchev–Trinajstić information content (AvgIpc) is 2.85. The Kier molecular flexibility index (Phi) is 4.14. The van der Waals surface area contributed by atoms with Crippen molar-refractivity contribution in [1.82, 2.24) is 0 Å². The Bertz CT molecular complexity index is 658. The van der Waals surface area contributed by atoms with Crippen LogP contribution in [-0.2, 0) is 9.59 Å². The Balaban J connectivity index is 2.23. The van der Waals surface area contributed by atoms with Gasteiger partial charge in [0.25, 0.3) is 5.78 Å². The minimum absolute atomic E-state index is 0.654. The second-order valence-corrected chi connectivity index (χ2v) is 5.21. The van der Waals surface area contributed by atoms with Crippen molar-refractivity contribution < 1.29 is 14.7 Å². The molecule has 1 aromatic heterocycles. The zero-order valence-electron chi connectivity index (χ0n) is 9.67. The molecule has 2 aromatic rings. The molecule has 3 nitrogen and oxygen atoms in total. The van der Waals surface area contributed by atoms with Crippen LogP contribution < -0.4 is 0 Å². The zero-order chi connectivity index (χ0) is 13.8. The molecule has 0 atom stereocenters. The second kappa shape index (κ2) is 5.82. The van der Waals surface area contributed by atoms with Crippen molar-refractivity contribution in [1.29, 1.82) is 0 Å². The van der Waals surface area contributed by atoms with Gasteiger partial charge >= 0.3 is 5.97 Å². The predicted molar refractivity (Wildman–Crippen MR) is 76.4 cm³/mol. The molecule has 0 amide bonds. The van der Waals surface area contributed by atoms with Gasteiger partial charge in [0.15, 0.2) is 0 Å². The molecule has 0 bridgehead atoms. The topological polar surface area (TPSA) is 54.4 Å². The van der Waals surface area contributed by atoms with Gasteiger partial charge in [-0.2, -0.15) is 0 Å². The molecule has 0 radical (unpaired) electrons. The fourth-order valence-corrected chi connectivity index (χ4v) is 2.72. The molecule has 19 heavy (non-hydrogen) atoms. The monoisotopic (exact) mass is 292 g/mol. The highest BCUT2D eigenvalue weighted by Crippen LogP contribution is 2.33. The summed E-state index contributed by atoms with van der Waals surface area (Å²) in [5, 5.41) is 9.12. The average molecular weight is 293 g/mol. The van der Waals surface area contributed by atoms with Crippen LogP contribution in [0.3, 0.4) is 0 Å². The minimum atomic E-state index is -1.46. The van der Waals surface area contributed by atoms with Crippen LogP contribution in [0.1, 0.15) is 4.88 Å². The van der Waals surface area contributed by atoms with Crippen LogP contribution in [0, 0.1) is 0 Å². The minimum Gasteiger partial charge on any atom is -0.475 e. The molecule has 0 aliphatic heterocycles. The summed E-state index contributed by atoms with van der Waals surface area (Å²) < 4.78 is 0. The number of ketones is 1. The van der Waals surface area contributed by atoms with Gasteiger partial charge in [-0.25, -0.2) is 4.79 Å². The van der Waals surface area contributed by atoms with Crippen LogP contribution in [0.25, 0.3) is 16.5 Å². The molecule has 0 saturated carbocycles. The summed E-state index contributed by atoms with van der Waals surface area (Å²) in [6, 6.07) is 11.2. The Morgan fingerprint density at radius 1 is 1.16 bits per heavy atom. The van der Waals surface area contributed by atoms with Gasteiger partial charge in [0, 0.05) is 20.3 Å². The molecule has 5 heteroatoms. The van der Waals surface area contributed by atoms with Gasteiger partial charge in [-0.1, -0.05) is 29.8 Å². The third-order valence-corrected chi connectivity index (χ3v) is 3.79. The summed E-state index contributed by atoms with van der Waals surface area (Å²) in [7, 11) is 0. The second-order valence-electron chi connectivity index (χ2n) is 3.68. The van der Waals surface area contributed by atoms with Crippen LogP contribution in [0.2, 0.25) is 5.02 Å². The lowest BCUT2D eigenvalue weighted by atomic mass is 10.2. The van der Waals surface area contributed by atoms with E-state index in [1.807, 2.05) is 30.3 Å². The Labute approximate surface area is 118 Å². The lowest BCUT2D eigenvalue weighted by Crippen LogP contribution is -2.08. The van der Waals surface area contributed by atoms with E-state index in [0.29, 0.717) is 5.02 Å². The fraction of sp³-hybridized carbons (Fsp3) is 0. The number of carboxylic acids is 1. The first-order valence-corrected chi connectivity index (χ1v) is 6.57. The van der Waals surface area contributed by atoms with E-state index in [4.69, 9.17) is 16.7 Å². The van der Waals surface area contributed by atoms with Crippen molar-refractivity contribution in [2.45, 2.75) is 0 Å². The lowest BCUT2D eigenvalue weighted by Gasteiger charge is -1.99. The van der Waals surface area contributed by atoms with Crippen LogP contribution in [0.5, 0.6) is 0 Å². The van der Waals surface area contributed by atoms with Gasteiger partial charge in [0.1, 0.15) is 0 Å². The molecule has 0 fully saturated rings. The number of halogens is 1. The van der Waals surface area contributed by atoms with Gasteiger partial charge < -0.3 is 5.11 Å². The summed E-state index contributed by atoms with van der Waals surface area (Å²) >= 11 is 7.53. The van der Waals surface area contributed by atoms with Crippen molar-refractivity contribution in [3.05, 3.63) is 52.4 Å². The SMILES string of the molecule is O=C(O)C(=O)/C=C/c1ccc(-c2ccccc2Cl)s1. The van der Waals surface area contributed by atoms with Crippen molar-refractivity contribution in [2.75, 3.05) is 0 Å². The molecular weight excluding hydrogens is 284 g/mol. The van der Waals surface area contributed by atoms with Gasteiger partial charge in [0.05, 0.1) is 0 Å². The number of hydrogen-bond acceptors (Lipinski definition) is 3. The smallest absolute Gasteiger partial charge is 0.376 e. The standard InChI is InChI=1S/C14H9ClO3S/c15-11-4-2-1-3-10(11)13-8-6-9(19-13)5-7-12(16)14(17)18/h1-8H,(H,17,18)/b7-5+. The summed E-state index contributed by atoms with van der Waals surface area (Å²) in [4.78, 5) is 23.1. The van der Waals surface area contributed by atoms with E-state index in [1.54, 1.807) is 6.07 Å². The molecular formula is C14H9ClO3S. The van der Waals surface area contributed by atoms with Crippen molar-refractivity contribution in [3.8, 4) is 10.4 Å². The van der Waals surface area contributed by atoms with Crippen LogP contribution >= 0.6 is 22.9 Å². The highest BCUT2D eigenvalue weighted by atomic mass is 35.5. The maximum absolute atomic E-state index is 10.9. The lowest BCUT2D eigenvalue weighted by molar-refractivity contribution is -0.146. The molecule has 0 unspecified atom stereocenters. The Morgan fingerprint density at radius 3 is 2.58 bits per heavy atom. The molecule has 96 valence electrons. The Hall–Kier alpha value is -1.91. The normalized spacial score (nSPS) is 10.8. The molecule has 1 N–H and O–H groups in total. The van der Waals surface area contributed by atoms with E-state index in [-0.39, 0.29) is 0 Å². The summed E-state index contributed by atoms with van der Waals surface area (Å²) in [5.74, 6) is -2.40. The van der Waals surface area contributed by atoms with Crippen LogP contribution in [0.15, 0.2) is 42.5 Å². The van der Waals surface area contributed by atoms with Gasteiger partial charge in [-0.05, 0) is 30.4 Å². The molecule has 0 aliphatic carbocycles. The number of hydrogen-bond donors (Lipinski definition) is 1. The molecule has 0 spiro atoms.